The largest absolute Gasteiger partial charge is 0.497 e. The number of hydrogen-bond acceptors (Lipinski definition) is 4. The van der Waals surface area contributed by atoms with Crippen LogP contribution in [0.1, 0.15) is 29.0 Å². The van der Waals surface area contributed by atoms with Gasteiger partial charge in [0.15, 0.2) is 5.69 Å². The van der Waals surface area contributed by atoms with Gasteiger partial charge in [-0.3, -0.25) is 9.48 Å². The van der Waals surface area contributed by atoms with Crippen LogP contribution in [-0.2, 0) is 7.05 Å². The second-order valence-corrected chi connectivity index (χ2v) is 5.21. The number of ether oxygens (including phenoxy) is 2. The standard InChI is InChI=1S/C15H18ClN3O3/c1-9(11-7-10(21-3)5-6-13(11)22-4)17-15(20)14-12(16)8-19(2)18-14/h5-9H,1-4H3,(H,17,20). The lowest BCUT2D eigenvalue weighted by Crippen LogP contribution is -2.27. The molecular weight excluding hydrogens is 306 g/mol. The molecule has 1 N–H and O–H groups in total. The Hall–Kier alpha value is -2.21. The van der Waals surface area contributed by atoms with Gasteiger partial charge in [0.1, 0.15) is 11.5 Å². The Kier molecular flexibility index (Phi) is 4.92. The summed E-state index contributed by atoms with van der Waals surface area (Å²) in [6.45, 7) is 1.85. The summed E-state index contributed by atoms with van der Waals surface area (Å²) >= 11 is 5.99. The van der Waals surface area contributed by atoms with Crippen molar-refractivity contribution in [3.63, 3.8) is 0 Å². The lowest BCUT2D eigenvalue weighted by atomic mass is 10.1. The third-order valence-electron chi connectivity index (χ3n) is 3.25. The van der Waals surface area contributed by atoms with E-state index in [1.54, 1.807) is 39.6 Å². The molecular formula is C15H18ClN3O3. The van der Waals surface area contributed by atoms with Gasteiger partial charge in [0, 0.05) is 18.8 Å². The molecule has 1 aromatic carbocycles. The highest BCUT2D eigenvalue weighted by molar-refractivity contribution is 6.33. The molecule has 0 aliphatic carbocycles. The van der Waals surface area contributed by atoms with Crippen LogP contribution in [0.5, 0.6) is 11.5 Å². The Morgan fingerprint density at radius 3 is 2.64 bits per heavy atom. The van der Waals surface area contributed by atoms with Crippen LogP contribution in [0.3, 0.4) is 0 Å². The minimum absolute atomic E-state index is 0.192. The smallest absolute Gasteiger partial charge is 0.273 e. The second kappa shape index (κ2) is 6.70. The molecule has 1 unspecified atom stereocenters. The third-order valence-corrected chi connectivity index (χ3v) is 3.53. The first-order valence-electron chi connectivity index (χ1n) is 6.68. The van der Waals surface area contributed by atoms with Gasteiger partial charge in [-0.1, -0.05) is 11.6 Å². The normalized spacial score (nSPS) is 11.9. The zero-order chi connectivity index (χ0) is 16.3. The van der Waals surface area contributed by atoms with E-state index in [1.165, 1.54) is 4.68 Å². The number of aromatic nitrogens is 2. The maximum absolute atomic E-state index is 12.3. The zero-order valence-electron chi connectivity index (χ0n) is 12.9. The summed E-state index contributed by atoms with van der Waals surface area (Å²) in [6, 6.07) is 5.12. The minimum atomic E-state index is -0.344. The number of rotatable bonds is 5. The van der Waals surface area contributed by atoms with Crippen LogP contribution >= 0.6 is 11.6 Å². The third kappa shape index (κ3) is 3.33. The number of carbonyl (C=O) groups is 1. The van der Waals surface area contributed by atoms with Crippen molar-refractivity contribution in [2.24, 2.45) is 7.05 Å². The van der Waals surface area contributed by atoms with Crippen LogP contribution in [0.2, 0.25) is 5.02 Å². The van der Waals surface area contributed by atoms with Gasteiger partial charge in [-0.25, -0.2) is 0 Å². The van der Waals surface area contributed by atoms with Gasteiger partial charge < -0.3 is 14.8 Å². The minimum Gasteiger partial charge on any atom is -0.497 e. The molecule has 7 heteroatoms. The summed E-state index contributed by atoms with van der Waals surface area (Å²) < 4.78 is 12.0. The maximum Gasteiger partial charge on any atom is 0.273 e. The van der Waals surface area contributed by atoms with Crippen LogP contribution in [0.25, 0.3) is 0 Å². The molecule has 0 radical (unpaired) electrons. The Morgan fingerprint density at radius 1 is 1.36 bits per heavy atom. The average molecular weight is 324 g/mol. The molecule has 6 nitrogen and oxygen atoms in total. The summed E-state index contributed by atoms with van der Waals surface area (Å²) in [7, 11) is 4.87. The molecule has 1 amide bonds. The van der Waals surface area contributed by atoms with Crippen molar-refractivity contribution in [3.8, 4) is 11.5 Å². The number of carbonyl (C=O) groups excluding carboxylic acids is 1. The van der Waals surface area contributed by atoms with Crippen LogP contribution in [0.15, 0.2) is 24.4 Å². The van der Waals surface area contributed by atoms with Crippen molar-refractivity contribution < 1.29 is 14.3 Å². The lowest BCUT2D eigenvalue weighted by Gasteiger charge is -2.17. The number of nitrogens with zero attached hydrogens (tertiary/aromatic N) is 2. The molecule has 0 spiro atoms. The molecule has 1 atom stereocenters. The maximum atomic E-state index is 12.3. The molecule has 22 heavy (non-hydrogen) atoms. The van der Waals surface area contributed by atoms with Crippen molar-refractivity contribution >= 4 is 17.5 Å². The quantitative estimate of drug-likeness (QED) is 0.918. The van der Waals surface area contributed by atoms with Crippen LogP contribution in [0, 0.1) is 0 Å². The number of hydrogen-bond donors (Lipinski definition) is 1. The molecule has 0 fully saturated rings. The van der Waals surface area contributed by atoms with Gasteiger partial charge in [-0.15, -0.1) is 0 Å². The van der Waals surface area contributed by atoms with Gasteiger partial charge in [0.05, 0.1) is 25.3 Å². The summed E-state index contributed by atoms with van der Waals surface area (Å²) in [6.07, 6.45) is 1.58. The van der Waals surface area contributed by atoms with Gasteiger partial charge in [0.2, 0.25) is 0 Å². The first-order valence-corrected chi connectivity index (χ1v) is 7.06. The first kappa shape index (κ1) is 16.2. The van der Waals surface area contributed by atoms with Gasteiger partial charge in [-0.2, -0.15) is 5.10 Å². The number of aryl methyl sites for hydroxylation is 1. The molecule has 1 heterocycles. The number of nitrogens with one attached hydrogen (secondary N) is 1. The molecule has 0 aliphatic rings. The summed E-state index contributed by atoms with van der Waals surface area (Å²) in [4.78, 5) is 12.3. The van der Waals surface area contributed by atoms with E-state index in [0.717, 1.165) is 5.56 Å². The van der Waals surface area contributed by atoms with Crippen LogP contribution in [-0.4, -0.2) is 29.9 Å². The SMILES string of the molecule is COc1ccc(OC)c(C(C)NC(=O)c2nn(C)cc2Cl)c1. The van der Waals surface area contributed by atoms with E-state index in [0.29, 0.717) is 16.5 Å². The predicted octanol–water partition coefficient (Wildman–Crippen LogP) is 2.58. The average Bonchev–Trinajstić information content (AvgIpc) is 2.85. The molecule has 2 rings (SSSR count). The van der Waals surface area contributed by atoms with E-state index in [9.17, 15) is 4.79 Å². The van der Waals surface area contributed by atoms with E-state index in [-0.39, 0.29) is 17.6 Å². The Bertz CT molecular complexity index is 685. The highest BCUT2D eigenvalue weighted by atomic mass is 35.5. The Labute approximate surface area is 134 Å². The van der Waals surface area contributed by atoms with Gasteiger partial charge >= 0.3 is 0 Å². The monoisotopic (exact) mass is 323 g/mol. The van der Waals surface area contributed by atoms with E-state index < -0.39 is 0 Å². The summed E-state index contributed by atoms with van der Waals surface area (Å²) in [5.74, 6) is 1.01. The fourth-order valence-corrected chi connectivity index (χ4v) is 2.40. The van der Waals surface area contributed by atoms with E-state index in [2.05, 4.69) is 10.4 Å². The van der Waals surface area contributed by atoms with E-state index in [4.69, 9.17) is 21.1 Å². The number of methoxy groups -OCH3 is 2. The number of benzene rings is 1. The van der Waals surface area contributed by atoms with Crippen molar-refractivity contribution in [3.05, 3.63) is 40.7 Å². The summed E-state index contributed by atoms with van der Waals surface area (Å²) in [5, 5.41) is 7.22. The van der Waals surface area contributed by atoms with Crippen LogP contribution < -0.4 is 14.8 Å². The fourth-order valence-electron chi connectivity index (χ4n) is 2.13. The van der Waals surface area contributed by atoms with E-state index in [1.807, 2.05) is 13.0 Å². The molecule has 118 valence electrons. The molecule has 0 aliphatic heterocycles. The van der Waals surface area contributed by atoms with Crippen molar-refractivity contribution in [2.75, 3.05) is 14.2 Å². The van der Waals surface area contributed by atoms with E-state index >= 15 is 0 Å². The molecule has 2 aromatic rings. The number of amides is 1. The van der Waals surface area contributed by atoms with Gasteiger partial charge in [0.25, 0.3) is 5.91 Å². The number of halogens is 1. The fraction of sp³-hybridized carbons (Fsp3) is 0.333. The molecule has 1 aromatic heterocycles. The Morgan fingerprint density at radius 2 is 2.09 bits per heavy atom. The van der Waals surface area contributed by atoms with Crippen molar-refractivity contribution in [1.29, 1.82) is 0 Å². The molecule has 0 saturated carbocycles. The van der Waals surface area contributed by atoms with Gasteiger partial charge in [-0.05, 0) is 25.1 Å². The zero-order valence-corrected chi connectivity index (χ0v) is 13.6. The lowest BCUT2D eigenvalue weighted by molar-refractivity contribution is 0.0934. The first-order chi connectivity index (χ1) is 10.5. The van der Waals surface area contributed by atoms with Crippen molar-refractivity contribution in [2.45, 2.75) is 13.0 Å². The molecule has 0 saturated heterocycles. The predicted molar refractivity (Wildman–Crippen MR) is 83.6 cm³/mol. The Balaban J connectivity index is 2.23. The summed E-state index contributed by atoms with van der Waals surface area (Å²) in [5.41, 5.74) is 1.00. The highest BCUT2D eigenvalue weighted by Gasteiger charge is 2.20. The second-order valence-electron chi connectivity index (χ2n) is 4.80. The topological polar surface area (TPSA) is 65.4 Å². The van der Waals surface area contributed by atoms with Crippen molar-refractivity contribution in [1.82, 2.24) is 15.1 Å². The highest BCUT2D eigenvalue weighted by Crippen LogP contribution is 2.29. The molecule has 0 bridgehead atoms. The van der Waals surface area contributed by atoms with Crippen LogP contribution in [0.4, 0.5) is 0 Å².